The molecule has 1 rings (SSSR count). The van der Waals surface area contributed by atoms with E-state index >= 15 is 0 Å². The molecule has 0 bridgehead atoms. The van der Waals surface area contributed by atoms with E-state index in [2.05, 4.69) is 11.8 Å². The highest BCUT2D eigenvalue weighted by molar-refractivity contribution is 5.79. The van der Waals surface area contributed by atoms with E-state index in [1.807, 2.05) is 0 Å². The number of likely N-dealkylation sites (tertiary alicyclic amines) is 1. The lowest BCUT2D eigenvalue weighted by Gasteiger charge is -2.34. The van der Waals surface area contributed by atoms with Crippen LogP contribution in [0.4, 0.5) is 0 Å². The van der Waals surface area contributed by atoms with Crippen molar-refractivity contribution in [1.29, 1.82) is 0 Å². The highest BCUT2D eigenvalue weighted by Crippen LogP contribution is 2.20. The number of ether oxygens (including phenoxy) is 1. The minimum absolute atomic E-state index is 0.318. The number of nitrogens with zero attached hydrogens (tertiary/aromatic N) is 1. The average Bonchev–Trinajstić information content (AvgIpc) is 2.35. The fourth-order valence-corrected chi connectivity index (χ4v) is 2.41. The molecule has 1 heterocycles. The van der Waals surface area contributed by atoms with Crippen LogP contribution >= 0.6 is 0 Å². The van der Waals surface area contributed by atoms with Gasteiger partial charge in [-0.05, 0) is 38.6 Å². The molecule has 1 aliphatic heterocycles. The molecule has 2 unspecified atom stereocenters. The van der Waals surface area contributed by atoms with Crippen molar-refractivity contribution in [2.45, 2.75) is 45.1 Å². The van der Waals surface area contributed by atoms with E-state index in [9.17, 15) is 4.79 Å². The molecule has 0 aliphatic carbocycles. The Hall–Kier alpha value is -0.610. The van der Waals surface area contributed by atoms with Gasteiger partial charge in [0.2, 0.25) is 0 Å². The lowest BCUT2D eigenvalue weighted by Crippen LogP contribution is -2.49. The van der Waals surface area contributed by atoms with Crippen LogP contribution < -0.4 is 5.73 Å². The molecule has 0 aromatic rings. The zero-order valence-electron chi connectivity index (χ0n) is 11.4. The number of nitrogens with two attached hydrogens (primary N) is 1. The lowest BCUT2D eigenvalue weighted by molar-refractivity contribution is -0.146. The molecule has 100 valence electrons. The molecule has 0 aromatic heterocycles. The predicted octanol–water partition coefficient (Wildman–Crippen LogP) is 1.39. The van der Waals surface area contributed by atoms with Gasteiger partial charge >= 0.3 is 5.97 Å². The second-order valence-corrected chi connectivity index (χ2v) is 5.38. The van der Waals surface area contributed by atoms with Crippen molar-refractivity contribution in [1.82, 2.24) is 4.90 Å². The summed E-state index contributed by atoms with van der Waals surface area (Å²) in [7, 11) is 1.39. The molecule has 1 aliphatic rings. The van der Waals surface area contributed by atoms with E-state index in [4.69, 9.17) is 10.5 Å². The number of piperidine rings is 1. The summed E-state index contributed by atoms with van der Waals surface area (Å²) in [5.41, 5.74) is 5.10. The van der Waals surface area contributed by atoms with Crippen LogP contribution in [0.25, 0.3) is 0 Å². The van der Waals surface area contributed by atoms with Crippen molar-refractivity contribution >= 4 is 5.97 Å². The van der Waals surface area contributed by atoms with Gasteiger partial charge < -0.3 is 15.4 Å². The van der Waals surface area contributed by atoms with Crippen LogP contribution in [-0.4, -0.2) is 43.2 Å². The van der Waals surface area contributed by atoms with Gasteiger partial charge in [-0.2, -0.15) is 0 Å². The standard InChI is InChI=1S/C13H26N2O2/c1-4-11-6-5-8-15(10-11)9-7-13(2,14)12(16)17-3/h11H,4-10,14H2,1-3H3. The first kappa shape index (κ1) is 14.5. The molecule has 4 nitrogen and oxygen atoms in total. The van der Waals surface area contributed by atoms with Crippen molar-refractivity contribution in [3.8, 4) is 0 Å². The third kappa shape index (κ3) is 4.28. The van der Waals surface area contributed by atoms with Gasteiger partial charge in [-0.1, -0.05) is 13.3 Å². The number of carbonyl (C=O) groups is 1. The molecule has 4 heteroatoms. The monoisotopic (exact) mass is 242 g/mol. The van der Waals surface area contributed by atoms with Gasteiger partial charge in [-0.15, -0.1) is 0 Å². The number of methoxy groups -OCH3 is 1. The van der Waals surface area contributed by atoms with Crippen LogP contribution in [0.2, 0.25) is 0 Å². The summed E-state index contributed by atoms with van der Waals surface area (Å²) in [5, 5.41) is 0. The van der Waals surface area contributed by atoms with Crippen LogP contribution in [0.15, 0.2) is 0 Å². The normalized spacial score (nSPS) is 25.3. The molecule has 1 saturated heterocycles. The minimum atomic E-state index is -0.853. The van der Waals surface area contributed by atoms with Crippen molar-refractivity contribution in [2.75, 3.05) is 26.7 Å². The smallest absolute Gasteiger partial charge is 0.325 e. The number of carbonyl (C=O) groups excluding carboxylic acids is 1. The highest BCUT2D eigenvalue weighted by Gasteiger charge is 2.30. The first-order chi connectivity index (χ1) is 7.99. The second-order valence-electron chi connectivity index (χ2n) is 5.38. The Morgan fingerprint density at radius 3 is 2.88 bits per heavy atom. The molecular formula is C13H26N2O2. The first-order valence-corrected chi connectivity index (χ1v) is 6.59. The van der Waals surface area contributed by atoms with E-state index in [-0.39, 0.29) is 5.97 Å². The third-order valence-electron chi connectivity index (χ3n) is 3.78. The Morgan fingerprint density at radius 1 is 1.59 bits per heavy atom. The molecule has 0 amide bonds. The van der Waals surface area contributed by atoms with E-state index in [0.29, 0.717) is 6.42 Å². The summed E-state index contributed by atoms with van der Waals surface area (Å²) in [4.78, 5) is 13.9. The SMILES string of the molecule is CCC1CCCN(CCC(C)(N)C(=O)OC)C1. The molecule has 17 heavy (non-hydrogen) atoms. The van der Waals surface area contributed by atoms with Crippen LogP contribution in [0.1, 0.15) is 39.5 Å². The fourth-order valence-electron chi connectivity index (χ4n) is 2.41. The Morgan fingerprint density at radius 2 is 2.29 bits per heavy atom. The molecule has 0 aromatic carbocycles. The van der Waals surface area contributed by atoms with E-state index in [0.717, 1.165) is 25.6 Å². The van der Waals surface area contributed by atoms with E-state index in [1.54, 1.807) is 6.92 Å². The Bertz CT molecular complexity index is 254. The molecule has 2 N–H and O–H groups in total. The summed E-state index contributed by atoms with van der Waals surface area (Å²) in [6.45, 7) is 7.16. The van der Waals surface area contributed by atoms with Gasteiger partial charge in [-0.25, -0.2) is 0 Å². The summed E-state index contributed by atoms with van der Waals surface area (Å²) in [6, 6.07) is 0. The Labute approximate surface area is 104 Å². The van der Waals surface area contributed by atoms with Gasteiger partial charge in [0.05, 0.1) is 7.11 Å². The number of hydrogen-bond donors (Lipinski definition) is 1. The summed E-state index contributed by atoms with van der Waals surface area (Å²) >= 11 is 0. The van der Waals surface area contributed by atoms with E-state index < -0.39 is 5.54 Å². The van der Waals surface area contributed by atoms with Crippen LogP contribution in [0.3, 0.4) is 0 Å². The van der Waals surface area contributed by atoms with Gasteiger partial charge in [-0.3, -0.25) is 4.79 Å². The van der Waals surface area contributed by atoms with Crippen LogP contribution in [0, 0.1) is 5.92 Å². The molecular weight excluding hydrogens is 216 g/mol. The van der Waals surface area contributed by atoms with Crippen molar-refractivity contribution < 1.29 is 9.53 Å². The zero-order chi connectivity index (χ0) is 12.9. The van der Waals surface area contributed by atoms with Crippen LogP contribution in [-0.2, 0) is 9.53 Å². The summed E-state index contributed by atoms with van der Waals surface area (Å²) in [6.07, 6.45) is 4.51. The maximum atomic E-state index is 11.5. The number of hydrogen-bond acceptors (Lipinski definition) is 4. The average molecular weight is 242 g/mol. The molecule has 1 fully saturated rings. The predicted molar refractivity (Wildman–Crippen MR) is 68.7 cm³/mol. The van der Waals surface area contributed by atoms with E-state index in [1.165, 1.54) is 26.4 Å². The van der Waals surface area contributed by atoms with Gasteiger partial charge in [0, 0.05) is 13.1 Å². The third-order valence-corrected chi connectivity index (χ3v) is 3.78. The van der Waals surface area contributed by atoms with Crippen LogP contribution in [0.5, 0.6) is 0 Å². The fraction of sp³-hybridized carbons (Fsp3) is 0.923. The second kappa shape index (κ2) is 6.36. The van der Waals surface area contributed by atoms with Crippen molar-refractivity contribution in [2.24, 2.45) is 11.7 Å². The number of esters is 1. The molecule has 2 atom stereocenters. The van der Waals surface area contributed by atoms with Crippen molar-refractivity contribution in [3.63, 3.8) is 0 Å². The topological polar surface area (TPSA) is 55.6 Å². The molecule has 0 radical (unpaired) electrons. The summed E-state index contributed by atoms with van der Waals surface area (Å²) < 4.78 is 4.71. The quantitative estimate of drug-likeness (QED) is 0.740. The maximum absolute atomic E-state index is 11.5. The van der Waals surface area contributed by atoms with Crippen molar-refractivity contribution in [3.05, 3.63) is 0 Å². The highest BCUT2D eigenvalue weighted by atomic mass is 16.5. The molecule has 0 saturated carbocycles. The Kier molecular flexibility index (Phi) is 5.40. The molecule has 0 spiro atoms. The minimum Gasteiger partial charge on any atom is -0.468 e. The van der Waals surface area contributed by atoms with Gasteiger partial charge in [0.15, 0.2) is 0 Å². The Balaban J connectivity index is 2.37. The number of rotatable bonds is 5. The maximum Gasteiger partial charge on any atom is 0.325 e. The zero-order valence-corrected chi connectivity index (χ0v) is 11.4. The largest absolute Gasteiger partial charge is 0.468 e. The first-order valence-electron chi connectivity index (χ1n) is 6.59. The van der Waals surface area contributed by atoms with Gasteiger partial charge in [0.1, 0.15) is 5.54 Å². The lowest BCUT2D eigenvalue weighted by atomic mass is 9.94. The van der Waals surface area contributed by atoms with Gasteiger partial charge in [0.25, 0.3) is 0 Å². The summed E-state index contributed by atoms with van der Waals surface area (Å²) in [5.74, 6) is 0.493.